The third kappa shape index (κ3) is 1.83. The Hall–Kier alpha value is -0.710. The van der Waals surface area contributed by atoms with E-state index in [1.807, 2.05) is 0 Å². The van der Waals surface area contributed by atoms with Crippen LogP contribution in [0.4, 0.5) is 4.39 Å². The molecule has 0 aliphatic rings. The van der Waals surface area contributed by atoms with Crippen molar-refractivity contribution in [3.63, 3.8) is 0 Å². The number of rotatable bonds is 2. The van der Waals surface area contributed by atoms with Crippen LogP contribution < -0.4 is 0 Å². The molecule has 0 aliphatic carbocycles. The van der Waals surface area contributed by atoms with Crippen molar-refractivity contribution in [1.82, 2.24) is 4.90 Å². The van der Waals surface area contributed by atoms with Gasteiger partial charge in [-0.3, -0.25) is 0 Å². The summed E-state index contributed by atoms with van der Waals surface area (Å²) in [6, 6.07) is 2.16. The molecule has 0 saturated carbocycles. The Balaban J connectivity index is 3.49. The number of terminal acetylenes is 1. The summed E-state index contributed by atoms with van der Waals surface area (Å²) < 4.78 is 11.7. The van der Waals surface area contributed by atoms with E-state index >= 15 is 0 Å². The lowest BCUT2D eigenvalue weighted by atomic mass is 10.3. The van der Waals surface area contributed by atoms with Crippen molar-refractivity contribution in [2.75, 3.05) is 13.7 Å². The molecule has 0 bridgehead atoms. The molecule has 0 spiro atoms. The Morgan fingerprint density at radius 1 is 1.88 bits per heavy atom. The molecule has 0 radical (unpaired) electrons. The molecule has 0 aromatic rings. The average Bonchev–Trinajstić information content (AvgIpc) is 1.84. The summed E-state index contributed by atoms with van der Waals surface area (Å²) in [6.45, 7) is 1.35. The van der Waals surface area contributed by atoms with Crippen LogP contribution in [0.3, 0.4) is 0 Å². The molecule has 1 atom stereocenters. The predicted octanol–water partition coefficient (Wildman–Crippen LogP) is 0.867. The molecule has 0 fully saturated rings. The van der Waals surface area contributed by atoms with Crippen LogP contribution in [0.15, 0.2) is 0 Å². The lowest BCUT2D eigenvalue weighted by Crippen LogP contribution is -2.25. The molecule has 46 valence electrons. The van der Waals surface area contributed by atoms with Gasteiger partial charge in [0.1, 0.15) is 6.67 Å². The van der Waals surface area contributed by atoms with E-state index < -0.39 is 0 Å². The van der Waals surface area contributed by atoms with Crippen LogP contribution in [0.2, 0.25) is 0 Å². The minimum Gasteiger partial charge on any atom is -0.331 e. The molecule has 0 amide bonds. The number of nitrogens with zero attached hydrogens (tertiary/aromatic N) is 1. The highest BCUT2D eigenvalue weighted by Gasteiger charge is 2.01. The van der Waals surface area contributed by atoms with Gasteiger partial charge in [-0.2, -0.15) is 0 Å². The van der Waals surface area contributed by atoms with E-state index in [0.29, 0.717) is 0 Å². The highest BCUT2D eigenvalue weighted by atomic mass is 19.1. The Kier molecular flexibility index (Phi) is 3.02. The number of halogens is 1. The van der Waals surface area contributed by atoms with Crippen molar-refractivity contribution >= 4 is 0 Å². The van der Waals surface area contributed by atoms with Gasteiger partial charge in [0.25, 0.3) is 0 Å². The summed E-state index contributed by atoms with van der Waals surface area (Å²) in [5, 5.41) is 0. The summed E-state index contributed by atoms with van der Waals surface area (Å²) in [7, 11) is 1.68. The van der Waals surface area contributed by atoms with Gasteiger partial charge in [0.15, 0.2) is 0 Å². The molecule has 0 aliphatic heterocycles. The van der Waals surface area contributed by atoms with Crippen molar-refractivity contribution in [3.05, 3.63) is 0 Å². The minimum absolute atomic E-state index is 0.153. The third-order valence-corrected chi connectivity index (χ3v) is 1.09. The molecule has 1 unspecified atom stereocenters. The second-order valence-corrected chi connectivity index (χ2v) is 1.74. The van der Waals surface area contributed by atoms with Gasteiger partial charge >= 0.3 is 0 Å². The fourth-order valence-corrected chi connectivity index (χ4v) is 0.231. The van der Waals surface area contributed by atoms with E-state index in [9.17, 15) is 4.39 Å². The van der Waals surface area contributed by atoms with Crippen molar-refractivity contribution in [2.45, 2.75) is 13.0 Å². The molecular formula is C6H10FN. The van der Waals surface area contributed by atoms with Crippen molar-refractivity contribution < 1.29 is 4.39 Å². The molecule has 0 N–H and O–H groups in total. The van der Waals surface area contributed by atoms with Crippen LogP contribution in [-0.2, 0) is 0 Å². The Morgan fingerprint density at radius 2 is 2.38 bits per heavy atom. The number of hydrogen-bond acceptors (Lipinski definition) is 1. The Bertz CT molecular complexity index is 95.2. The van der Waals surface area contributed by atoms with Gasteiger partial charge in [0.05, 0.1) is 6.04 Å². The summed E-state index contributed by atoms with van der Waals surface area (Å²) in [5.74, 6) is 0. The van der Waals surface area contributed by atoms with Gasteiger partial charge < -0.3 is 4.90 Å². The van der Waals surface area contributed by atoms with Gasteiger partial charge in [-0.25, -0.2) is 4.39 Å². The SMILES string of the molecule is C#CN(C)C(C)CF. The van der Waals surface area contributed by atoms with Crippen LogP contribution in [0, 0.1) is 12.5 Å². The van der Waals surface area contributed by atoms with E-state index in [-0.39, 0.29) is 12.7 Å². The van der Waals surface area contributed by atoms with Crippen LogP contribution >= 0.6 is 0 Å². The average molecular weight is 115 g/mol. The van der Waals surface area contributed by atoms with Gasteiger partial charge in [0, 0.05) is 13.1 Å². The van der Waals surface area contributed by atoms with Crippen molar-refractivity contribution in [2.24, 2.45) is 0 Å². The molecule has 1 nitrogen and oxygen atoms in total. The zero-order chi connectivity index (χ0) is 6.57. The summed E-state index contributed by atoms with van der Waals surface area (Å²) in [4.78, 5) is 1.50. The highest BCUT2D eigenvalue weighted by molar-refractivity contribution is 4.85. The smallest absolute Gasteiger partial charge is 0.110 e. The van der Waals surface area contributed by atoms with Crippen LogP contribution in [0.25, 0.3) is 0 Å². The van der Waals surface area contributed by atoms with E-state index in [4.69, 9.17) is 6.42 Å². The lowest BCUT2D eigenvalue weighted by Gasteiger charge is -2.15. The largest absolute Gasteiger partial charge is 0.331 e. The first-order valence-electron chi connectivity index (χ1n) is 2.47. The minimum atomic E-state index is -0.388. The highest BCUT2D eigenvalue weighted by Crippen LogP contribution is 1.91. The molecule has 8 heavy (non-hydrogen) atoms. The third-order valence-electron chi connectivity index (χ3n) is 1.09. The summed E-state index contributed by atoms with van der Waals surface area (Å²) >= 11 is 0. The lowest BCUT2D eigenvalue weighted by molar-refractivity contribution is 0.295. The zero-order valence-electron chi connectivity index (χ0n) is 5.19. The maximum absolute atomic E-state index is 11.7. The molecule has 0 saturated heterocycles. The second-order valence-electron chi connectivity index (χ2n) is 1.74. The second kappa shape index (κ2) is 3.31. The number of hydrogen-bond donors (Lipinski definition) is 0. The van der Waals surface area contributed by atoms with Gasteiger partial charge in [-0.1, -0.05) is 6.42 Å². The normalized spacial score (nSPS) is 12.2. The standard InChI is InChI=1S/C6H10FN/c1-4-8(3)6(2)5-7/h1,6H,5H2,2-3H3. The zero-order valence-corrected chi connectivity index (χ0v) is 5.19. The molecule has 0 aromatic carbocycles. The van der Waals surface area contributed by atoms with E-state index in [1.54, 1.807) is 14.0 Å². The first-order valence-corrected chi connectivity index (χ1v) is 2.47. The van der Waals surface area contributed by atoms with Gasteiger partial charge in [-0.05, 0) is 6.92 Å². The first-order chi connectivity index (χ1) is 3.72. The predicted molar refractivity (Wildman–Crippen MR) is 32.0 cm³/mol. The molecule has 2 heteroatoms. The van der Waals surface area contributed by atoms with E-state index in [0.717, 1.165) is 0 Å². The molecular weight excluding hydrogens is 105 g/mol. The maximum atomic E-state index is 11.7. The van der Waals surface area contributed by atoms with Crippen LogP contribution in [0.5, 0.6) is 0 Å². The first kappa shape index (κ1) is 7.29. The summed E-state index contributed by atoms with van der Waals surface area (Å²) in [6.07, 6.45) is 4.96. The van der Waals surface area contributed by atoms with E-state index in [2.05, 4.69) is 6.04 Å². The molecule has 0 rings (SSSR count). The van der Waals surface area contributed by atoms with Crippen LogP contribution in [-0.4, -0.2) is 24.7 Å². The number of alkyl halides is 1. The van der Waals surface area contributed by atoms with Crippen LogP contribution in [0.1, 0.15) is 6.92 Å². The summed E-state index contributed by atoms with van der Waals surface area (Å²) in [5.41, 5.74) is 0. The van der Waals surface area contributed by atoms with Gasteiger partial charge in [0.2, 0.25) is 0 Å². The maximum Gasteiger partial charge on any atom is 0.110 e. The van der Waals surface area contributed by atoms with Crippen molar-refractivity contribution in [3.8, 4) is 12.5 Å². The molecule has 0 heterocycles. The fourth-order valence-electron chi connectivity index (χ4n) is 0.231. The molecule has 0 aromatic heterocycles. The Labute approximate surface area is 49.5 Å². The van der Waals surface area contributed by atoms with E-state index in [1.165, 1.54) is 4.90 Å². The fraction of sp³-hybridized carbons (Fsp3) is 0.667. The Morgan fingerprint density at radius 3 is 2.50 bits per heavy atom. The van der Waals surface area contributed by atoms with Gasteiger partial charge in [-0.15, -0.1) is 0 Å². The van der Waals surface area contributed by atoms with Crippen molar-refractivity contribution in [1.29, 1.82) is 0 Å². The monoisotopic (exact) mass is 115 g/mol. The topological polar surface area (TPSA) is 3.24 Å². The quantitative estimate of drug-likeness (QED) is 0.381.